The Morgan fingerprint density at radius 1 is 0.913 bits per heavy atom. The first kappa shape index (κ1) is 16.4. The van der Waals surface area contributed by atoms with Crippen molar-refractivity contribution in [3.8, 4) is 5.75 Å². The average Bonchev–Trinajstić information content (AvgIpc) is 2.55. The van der Waals surface area contributed by atoms with Gasteiger partial charge in [0.1, 0.15) is 11.4 Å². The first-order valence-corrected chi connectivity index (χ1v) is 8.99. The Morgan fingerprint density at radius 3 is 2.26 bits per heavy atom. The predicted octanol–water partition coefficient (Wildman–Crippen LogP) is 4.05. The Bertz CT molecular complexity index is 512. The summed E-state index contributed by atoms with van der Waals surface area (Å²) in [7, 11) is 0. The maximum atomic E-state index is 6.24. The van der Waals surface area contributed by atoms with Crippen LogP contribution in [0.1, 0.15) is 40.0 Å². The normalized spacial score (nSPS) is 19.8. The van der Waals surface area contributed by atoms with E-state index in [0.717, 1.165) is 31.9 Å². The zero-order valence-electron chi connectivity index (χ0n) is 14.8. The quantitative estimate of drug-likeness (QED) is 0.842. The Labute approximate surface area is 140 Å². The third-order valence-electron chi connectivity index (χ3n) is 4.48. The number of piperidine rings is 1. The first-order chi connectivity index (χ1) is 11.0. The molecule has 0 bridgehead atoms. The molecular weight excluding hydrogens is 286 g/mol. The molecule has 2 aliphatic rings. The van der Waals surface area contributed by atoms with Gasteiger partial charge in [0.15, 0.2) is 0 Å². The van der Waals surface area contributed by atoms with Crippen molar-refractivity contribution in [1.29, 1.82) is 0 Å². The van der Waals surface area contributed by atoms with E-state index in [9.17, 15) is 0 Å². The Kier molecular flexibility index (Phi) is 5.00. The molecule has 0 aliphatic carbocycles. The molecule has 128 valence electrons. The summed E-state index contributed by atoms with van der Waals surface area (Å²) in [6.07, 6.45) is 3.97. The lowest BCUT2D eigenvalue weighted by Gasteiger charge is -2.39. The molecule has 3 rings (SSSR count). The van der Waals surface area contributed by atoms with Crippen LogP contribution in [0.15, 0.2) is 18.2 Å². The lowest BCUT2D eigenvalue weighted by Crippen LogP contribution is -2.35. The van der Waals surface area contributed by atoms with Crippen LogP contribution in [0.4, 0.5) is 11.4 Å². The summed E-state index contributed by atoms with van der Waals surface area (Å²) in [4.78, 5) is 4.95. The van der Waals surface area contributed by atoms with E-state index >= 15 is 0 Å². The molecule has 4 nitrogen and oxygen atoms in total. The summed E-state index contributed by atoms with van der Waals surface area (Å²) in [6, 6.07) is 6.72. The summed E-state index contributed by atoms with van der Waals surface area (Å²) in [5.41, 5.74) is 2.39. The maximum Gasteiger partial charge on any atom is 0.143 e. The van der Waals surface area contributed by atoms with Gasteiger partial charge in [-0.15, -0.1) is 13.1 Å². The van der Waals surface area contributed by atoms with Gasteiger partial charge in [-0.25, -0.2) is 0 Å². The largest absolute Gasteiger partial charge is 0.659 e. The molecule has 0 saturated carbocycles. The molecule has 4 heteroatoms. The van der Waals surface area contributed by atoms with E-state index in [0.29, 0.717) is 0 Å². The highest BCUT2D eigenvalue weighted by Gasteiger charge is 2.20. The van der Waals surface area contributed by atoms with Crippen molar-refractivity contribution in [1.82, 2.24) is 0 Å². The van der Waals surface area contributed by atoms with Crippen LogP contribution in [0.3, 0.4) is 0 Å². The van der Waals surface area contributed by atoms with Gasteiger partial charge in [-0.1, -0.05) is 0 Å². The molecule has 0 radical (unpaired) electrons. The zero-order chi connectivity index (χ0) is 16.3. The fraction of sp³-hybridized carbons (Fsp3) is 0.684. The maximum absolute atomic E-state index is 6.24. The van der Waals surface area contributed by atoms with Gasteiger partial charge in [-0.2, -0.15) is 0 Å². The van der Waals surface area contributed by atoms with Crippen molar-refractivity contribution in [2.45, 2.75) is 45.6 Å². The topological polar surface area (TPSA) is 29.8 Å². The van der Waals surface area contributed by atoms with E-state index in [1.165, 1.54) is 43.7 Å². The van der Waals surface area contributed by atoms with E-state index < -0.39 is 0 Å². The second-order valence-corrected chi connectivity index (χ2v) is 7.57. The third-order valence-corrected chi connectivity index (χ3v) is 4.48. The van der Waals surface area contributed by atoms with Gasteiger partial charge in [0.25, 0.3) is 0 Å². The van der Waals surface area contributed by atoms with Crippen molar-refractivity contribution in [2.24, 2.45) is 0 Å². The van der Waals surface area contributed by atoms with Crippen molar-refractivity contribution in [2.75, 3.05) is 49.1 Å². The molecule has 0 unspecified atom stereocenters. The van der Waals surface area contributed by atoms with Gasteiger partial charge in [-0.05, 0) is 71.3 Å². The van der Waals surface area contributed by atoms with E-state index in [2.05, 4.69) is 54.1 Å². The smallest absolute Gasteiger partial charge is 0.143 e. The van der Waals surface area contributed by atoms with E-state index in [1.54, 1.807) is 0 Å². The fourth-order valence-corrected chi connectivity index (χ4v) is 3.37. The molecule has 1 aromatic carbocycles. The summed E-state index contributed by atoms with van der Waals surface area (Å²) in [6.45, 7) is 12.5. The minimum Gasteiger partial charge on any atom is -0.659 e. The van der Waals surface area contributed by atoms with Gasteiger partial charge < -0.3 is 19.9 Å². The van der Waals surface area contributed by atoms with Crippen LogP contribution in [0.25, 0.3) is 5.32 Å². The van der Waals surface area contributed by atoms with Gasteiger partial charge in [0.2, 0.25) is 0 Å². The van der Waals surface area contributed by atoms with Crippen molar-refractivity contribution in [3.63, 3.8) is 0 Å². The standard InChI is InChI=1S/C19H30N3O/c1-19(2,3)23-18-8-7-16(21-11-5-4-6-12-21)15-17(18)22-13-9-20-10-14-22/h7-8,15H,4-6,9-14H2,1-3H3/q-1. The van der Waals surface area contributed by atoms with Crippen LogP contribution in [0, 0.1) is 0 Å². The first-order valence-electron chi connectivity index (χ1n) is 8.99. The SMILES string of the molecule is CC(C)(C)Oc1ccc(N2CCCCC2)cc1N1CC[N-]CC1. The van der Waals surface area contributed by atoms with Crippen molar-refractivity contribution < 1.29 is 4.74 Å². The number of anilines is 2. The number of ether oxygens (including phenoxy) is 1. The molecule has 2 aliphatic heterocycles. The van der Waals surface area contributed by atoms with Crippen LogP contribution in [-0.4, -0.2) is 44.9 Å². The molecule has 2 fully saturated rings. The van der Waals surface area contributed by atoms with Crippen LogP contribution >= 0.6 is 0 Å². The number of benzene rings is 1. The third kappa shape index (κ3) is 4.31. The van der Waals surface area contributed by atoms with Crippen molar-refractivity contribution >= 4 is 11.4 Å². The van der Waals surface area contributed by atoms with Crippen molar-refractivity contribution in [3.05, 3.63) is 23.5 Å². The second kappa shape index (κ2) is 7.00. The zero-order valence-corrected chi connectivity index (χ0v) is 14.8. The number of nitrogens with zero attached hydrogens (tertiary/aromatic N) is 3. The molecule has 0 spiro atoms. The van der Waals surface area contributed by atoms with E-state index in [-0.39, 0.29) is 5.60 Å². The van der Waals surface area contributed by atoms with Crippen LogP contribution in [0.5, 0.6) is 5.75 Å². The lowest BCUT2D eigenvalue weighted by atomic mass is 10.1. The van der Waals surface area contributed by atoms with Crippen LogP contribution < -0.4 is 14.5 Å². The van der Waals surface area contributed by atoms with Crippen LogP contribution in [-0.2, 0) is 0 Å². The Morgan fingerprint density at radius 2 is 1.61 bits per heavy atom. The minimum atomic E-state index is -0.179. The lowest BCUT2D eigenvalue weighted by molar-refractivity contribution is 0.131. The van der Waals surface area contributed by atoms with Gasteiger partial charge in [0, 0.05) is 18.8 Å². The predicted molar refractivity (Wildman–Crippen MR) is 98.2 cm³/mol. The number of piperazine rings is 1. The van der Waals surface area contributed by atoms with E-state index in [1.807, 2.05) is 0 Å². The summed E-state index contributed by atoms with van der Waals surface area (Å²) < 4.78 is 6.24. The number of hydrogen-bond donors (Lipinski definition) is 0. The van der Waals surface area contributed by atoms with Crippen LogP contribution in [0.2, 0.25) is 0 Å². The molecule has 0 atom stereocenters. The Balaban J connectivity index is 1.89. The highest BCUT2D eigenvalue weighted by molar-refractivity contribution is 5.67. The molecule has 2 saturated heterocycles. The minimum absolute atomic E-state index is 0.179. The highest BCUT2D eigenvalue weighted by atomic mass is 16.5. The average molecular weight is 316 g/mol. The highest BCUT2D eigenvalue weighted by Crippen LogP contribution is 2.36. The molecule has 2 heterocycles. The number of rotatable bonds is 3. The number of hydrogen-bond acceptors (Lipinski definition) is 3. The van der Waals surface area contributed by atoms with Gasteiger partial charge in [0.05, 0.1) is 5.69 Å². The Hall–Kier alpha value is -1.42. The monoisotopic (exact) mass is 316 g/mol. The van der Waals surface area contributed by atoms with Gasteiger partial charge in [-0.3, -0.25) is 0 Å². The van der Waals surface area contributed by atoms with E-state index in [4.69, 9.17) is 4.74 Å². The molecule has 1 aromatic rings. The molecule has 0 N–H and O–H groups in total. The summed E-state index contributed by atoms with van der Waals surface area (Å²) in [5.74, 6) is 1.00. The molecule has 23 heavy (non-hydrogen) atoms. The molecule has 0 aromatic heterocycles. The molecular formula is C19H30N3O-. The second-order valence-electron chi connectivity index (χ2n) is 7.57. The molecule has 0 amide bonds. The summed E-state index contributed by atoms with van der Waals surface area (Å²) in [5, 5.41) is 4.48. The summed E-state index contributed by atoms with van der Waals surface area (Å²) >= 11 is 0. The fourth-order valence-electron chi connectivity index (χ4n) is 3.37. The van der Waals surface area contributed by atoms with Gasteiger partial charge >= 0.3 is 0 Å².